The van der Waals surface area contributed by atoms with Gasteiger partial charge in [0.05, 0.1) is 18.8 Å². The summed E-state index contributed by atoms with van der Waals surface area (Å²) in [4.78, 5) is 24.2. The summed E-state index contributed by atoms with van der Waals surface area (Å²) in [6.07, 6.45) is 42.4. The maximum absolute atomic E-state index is 12.2. The minimum Gasteiger partial charge on any atom is -0.462 e. The van der Waals surface area contributed by atoms with Crippen molar-refractivity contribution >= 4 is 11.9 Å². The summed E-state index contributed by atoms with van der Waals surface area (Å²) in [5.41, 5.74) is 0. The van der Waals surface area contributed by atoms with Gasteiger partial charge in [-0.3, -0.25) is 9.59 Å². The first-order chi connectivity index (χ1) is 23.1. The van der Waals surface area contributed by atoms with Gasteiger partial charge in [-0.25, -0.2) is 0 Å². The second-order valence-corrected chi connectivity index (χ2v) is 13.4. The number of hydrogen-bond acceptors (Lipinski definition) is 6. The largest absolute Gasteiger partial charge is 0.462 e. The zero-order valence-electron chi connectivity index (χ0n) is 30.5. The molecule has 0 amide bonds. The number of unbranched alkanes of at least 4 members (excludes halogenated alkanes) is 18. The molecular formula is C41H72O6. The van der Waals surface area contributed by atoms with Crippen LogP contribution in [0.1, 0.15) is 181 Å². The molecular weight excluding hydrogens is 588 g/mol. The van der Waals surface area contributed by atoms with Crippen LogP contribution in [0, 0.1) is 0 Å². The lowest BCUT2D eigenvalue weighted by Gasteiger charge is -2.15. The van der Waals surface area contributed by atoms with E-state index in [-0.39, 0.29) is 25.2 Å². The summed E-state index contributed by atoms with van der Waals surface area (Å²) in [6.45, 7) is 4.05. The van der Waals surface area contributed by atoms with E-state index in [2.05, 4.69) is 50.3 Å². The lowest BCUT2D eigenvalue weighted by Crippen LogP contribution is -2.28. The second-order valence-electron chi connectivity index (χ2n) is 13.4. The molecule has 1 fully saturated rings. The number of allylic oxidation sites excluding steroid dienone is 4. The van der Waals surface area contributed by atoms with Crippen molar-refractivity contribution in [3.05, 3.63) is 36.5 Å². The fraction of sp³-hybridized carbons (Fsp3) is 0.805. The van der Waals surface area contributed by atoms with Gasteiger partial charge in [0.2, 0.25) is 0 Å². The van der Waals surface area contributed by atoms with Crippen molar-refractivity contribution in [2.24, 2.45) is 0 Å². The van der Waals surface area contributed by atoms with Gasteiger partial charge in [-0.2, -0.15) is 0 Å². The molecule has 0 aromatic heterocycles. The topological polar surface area (TPSA) is 85.4 Å². The minimum atomic E-state index is -0.794. The van der Waals surface area contributed by atoms with E-state index in [1.165, 1.54) is 103 Å². The first-order valence-corrected chi connectivity index (χ1v) is 19.7. The molecule has 272 valence electrons. The van der Waals surface area contributed by atoms with Crippen molar-refractivity contribution in [3.63, 3.8) is 0 Å². The number of carbonyl (C=O) groups is 2. The van der Waals surface area contributed by atoms with Crippen LogP contribution in [-0.4, -0.2) is 48.6 Å². The van der Waals surface area contributed by atoms with Crippen molar-refractivity contribution in [2.45, 2.75) is 199 Å². The quantitative estimate of drug-likeness (QED) is 0.0320. The molecule has 0 aliphatic carbocycles. The van der Waals surface area contributed by atoms with E-state index >= 15 is 0 Å². The van der Waals surface area contributed by atoms with Crippen LogP contribution in [0.15, 0.2) is 36.5 Å². The molecule has 1 rings (SSSR count). The minimum absolute atomic E-state index is 0.0959. The Bertz CT molecular complexity index is 819. The lowest BCUT2D eigenvalue weighted by atomic mass is 10.0. The molecule has 0 radical (unpaired) electrons. The van der Waals surface area contributed by atoms with Gasteiger partial charge in [-0.1, -0.05) is 153 Å². The van der Waals surface area contributed by atoms with Gasteiger partial charge in [-0.15, -0.1) is 0 Å². The molecule has 0 spiro atoms. The van der Waals surface area contributed by atoms with Gasteiger partial charge in [0, 0.05) is 12.8 Å². The van der Waals surface area contributed by atoms with Crippen molar-refractivity contribution in [1.82, 2.24) is 0 Å². The van der Waals surface area contributed by atoms with Crippen molar-refractivity contribution in [2.75, 3.05) is 13.2 Å². The highest BCUT2D eigenvalue weighted by Crippen LogP contribution is 2.29. The molecule has 1 aliphatic heterocycles. The molecule has 2 unspecified atom stereocenters. The number of rotatable bonds is 34. The van der Waals surface area contributed by atoms with Crippen molar-refractivity contribution < 1.29 is 28.9 Å². The van der Waals surface area contributed by atoms with E-state index in [1.54, 1.807) is 0 Å². The Morgan fingerprint density at radius 2 is 1.06 bits per heavy atom. The maximum Gasteiger partial charge on any atom is 0.306 e. The number of aliphatic hydroxyl groups excluding tert-OH is 1. The summed E-state index contributed by atoms with van der Waals surface area (Å²) in [7, 11) is 0. The molecule has 1 heterocycles. The number of hydrogen-bond donors (Lipinski definition) is 1. The highest BCUT2D eigenvalue weighted by atomic mass is 16.6. The molecule has 1 N–H and O–H groups in total. The van der Waals surface area contributed by atoms with Crippen LogP contribution in [-0.2, 0) is 23.8 Å². The normalized spacial score (nSPS) is 16.8. The first kappa shape index (κ1) is 43.1. The fourth-order valence-electron chi connectivity index (χ4n) is 5.71. The van der Waals surface area contributed by atoms with Crippen LogP contribution in [0.4, 0.5) is 0 Å². The Morgan fingerprint density at radius 3 is 1.66 bits per heavy atom. The average molecular weight is 661 g/mol. The number of aliphatic hydroxyl groups is 1. The van der Waals surface area contributed by atoms with Crippen LogP contribution < -0.4 is 0 Å². The standard InChI is InChI=1S/C41H72O6/c1-3-5-7-9-11-12-13-14-15-16-17-18-21-26-30-34-41(44)46-37(35-42)36-45-40(43)33-29-25-22-19-20-24-28-32-39-38(47-39)31-27-23-10-8-6-4-2/h19,22-24,27-28,37-39,42H,3-18,20-21,25-26,29-36H2,1-2H3/b22-19-,27-23-,28-24-/t37-,38?,39?/m0/s1. The van der Waals surface area contributed by atoms with Gasteiger partial charge in [0.15, 0.2) is 6.10 Å². The zero-order valence-corrected chi connectivity index (χ0v) is 30.5. The summed E-state index contributed by atoms with van der Waals surface area (Å²) >= 11 is 0. The summed E-state index contributed by atoms with van der Waals surface area (Å²) < 4.78 is 16.3. The van der Waals surface area contributed by atoms with E-state index < -0.39 is 6.10 Å². The monoisotopic (exact) mass is 661 g/mol. The lowest BCUT2D eigenvalue weighted by molar-refractivity contribution is -0.161. The molecule has 0 bridgehead atoms. The van der Waals surface area contributed by atoms with Crippen molar-refractivity contribution in [1.29, 1.82) is 0 Å². The van der Waals surface area contributed by atoms with Gasteiger partial charge >= 0.3 is 11.9 Å². The molecule has 0 aromatic carbocycles. The number of carbonyl (C=O) groups excluding carboxylic acids is 2. The highest BCUT2D eigenvalue weighted by molar-refractivity contribution is 5.70. The fourth-order valence-corrected chi connectivity index (χ4v) is 5.71. The summed E-state index contributed by atoms with van der Waals surface area (Å²) in [6, 6.07) is 0. The molecule has 6 heteroatoms. The molecule has 6 nitrogen and oxygen atoms in total. The molecule has 0 saturated carbocycles. The molecule has 3 atom stereocenters. The average Bonchev–Trinajstić information content (AvgIpc) is 3.83. The third-order valence-electron chi connectivity index (χ3n) is 8.84. The molecule has 1 saturated heterocycles. The molecule has 47 heavy (non-hydrogen) atoms. The Kier molecular flexibility index (Phi) is 29.9. The van der Waals surface area contributed by atoms with Crippen LogP contribution in [0.2, 0.25) is 0 Å². The van der Waals surface area contributed by atoms with E-state index in [4.69, 9.17) is 14.2 Å². The number of esters is 2. The zero-order chi connectivity index (χ0) is 34.0. The third-order valence-corrected chi connectivity index (χ3v) is 8.84. The Morgan fingerprint density at radius 1 is 0.596 bits per heavy atom. The van der Waals surface area contributed by atoms with Crippen LogP contribution in [0.5, 0.6) is 0 Å². The Balaban J connectivity index is 1.92. The van der Waals surface area contributed by atoms with Crippen LogP contribution in [0.3, 0.4) is 0 Å². The summed E-state index contributed by atoms with van der Waals surface area (Å²) in [5, 5.41) is 9.55. The number of epoxide rings is 1. The smallest absolute Gasteiger partial charge is 0.306 e. The molecule has 0 aromatic rings. The van der Waals surface area contributed by atoms with E-state index in [0.717, 1.165) is 44.9 Å². The SMILES string of the molecule is CCCCC/C=C\CC1OC1C/C=C\C/C=C\CCCC(=O)OC[C@H](CO)OC(=O)CCCCCCCCCCCCCCCCC. The second kappa shape index (κ2) is 32.6. The Hall–Kier alpha value is -1.92. The Labute approximate surface area is 289 Å². The number of ether oxygens (including phenoxy) is 3. The van der Waals surface area contributed by atoms with Gasteiger partial charge in [-0.05, 0) is 51.4 Å². The highest BCUT2D eigenvalue weighted by Gasteiger charge is 2.35. The maximum atomic E-state index is 12.2. The van der Waals surface area contributed by atoms with Crippen LogP contribution in [0.25, 0.3) is 0 Å². The van der Waals surface area contributed by atoms with Crippen LogP contribution >= 0.6 is 0 Å². The molecule has 1 aliphatic rings. The first-order valence-electron chi connectivity index (χ1n) is 19.7. The van der Waals surface area contributed by atoms with E-state index in [1.807, 2.05) is 0 Å². The van der Waals surface area contributed by atoms with E-state index in [9.17, 15) is 14.7 Å². The van der Waals surface area contributed by atoms with Gasteiger partial charge < -0.3 is 19.3 Å². The predicted molar refractivity (Wildman–Crippen MR) is 195 cm³/mol. The predicted octanol–water partition coefficient (Wildman–Crippen LogP) is 11.1. The van der Waals surface area contributed by atoms with Gasteiger partial charge in [0.25, 0.3) is 0 Å². The summed E-state index contributed by atoms with van der Waals surface area (Å²) in [5.74, 6) is -0.659. The van der Waals surface area contributed by atoms with E-state index in [0.29, 0.717) is 31.5 Å². The third kappa shape index (κ3) is 28.8. The van der Waals surface area contributed by atoms with Gasteiger partial charge in [0.1, 0.15) is 6.61 Å². The van der Waals surface area contributed by atoms with Crippen molar-refractivity contribution in [3.8, 4) is 0 Å².